The molecule has 2 aliphatic heterocycles. The molecule has 0 aromatic carbocycles. The van der Waals surface area contributed by atoms with E-state index in [9.17, 15) is 14.4 Å². The predicted octanol–water partition coefficient (Wildman–Crippen LogP) is 0.253. The normalized spacial score (nSPS) is 20.4. The van der Waals surface area contributed by atoms with Crippen molar-refractivity contribution in [3.8, 4) is 0 Å². The molecule has 94 valence electrons. The Kier molecular flexibility index (Phi) is 2.43. The largest absolute Gasteiger partial charge is 0.459 e. The number of rotatable bonds is 2. The van der Waals surface area contributed by atoms with Crippen LogP contribution in [0.15, 0.2) is 22.8 Å². The summed E-state index contributed by atoms with van der Waals surface area (Å²) in [5.74, 6) is -0.173. The molecular formula is C12H12N2O4. The van der Waals surface area contributed by atoms with Gasteiger partial charge in [0.2, 0.25) is 11.8 Å². The van der Waals surface area contributed by atoms with Crippen LogP contribution in [0.5, 0.6) is 0 Å². The van der Waals surface area contributed by atoms with Crippen LogP contribution in [0.4, 0.5) is 0 Å². The molecule has 0 saturated carbocycles. The number of likely N-dealkylation sites (tertiary alicyclic amines) is 2. The number of carbonyl (C=O) groups excluding carboxylic acids is 3. The summed E-state index contributed by atoms with van der Waals surface area (Å²) in [7, 11) is 0. The molecule has 3 amide bonds. The van der Waals surface area contributed by atoms with Crippen molar-refractivity contribution in [3.63, 3.8) is 0 Å². The van der Waals surface area contributed by atoms with Crippen molar-refractivity contribution in [2.45, 2.75) is 18.9 Å². The molecule has 0 atom stereocenters. The minimum Gasteiger partial charge on any atom is -0.459 e. The Labute approximate surface area is 103 Å². The molecule has 2 saturated heterocycles. The highest BCUT2D eigenvalue weighted by atomic mass is 16.3. The zero-order valence-electron chi connectivity index (χ0n) is 9.67. The lowest BCUT2D eigenvalue weighted by Crippen LogP contribution is -2.62. The summed E-state index contributed by atoms with van der Waals surface area (Å²) in [6.45, 7) is 0.800. The number of imide groups is 1. The lowest BCUT2D eigenvalue weighted by atomic mass is 10.1. The van der Waals surface area contributed by atoms with Crippen molar-refractivity contribution >= 4 is 17.7 Å². The molecular weight excluding hydrogens is 236 g/mol. The lowest BCUT2D eigenvalue weighted by Gasteiger charge is -2.42. The maximum atomic E-state index is 11.9. The molecule has 0 N–H and O–H groups in total. The zero-order valence-corrected chi connectivity index (χ0v) is 9.67. The molecule has 0 spiro atoms. The van der Waals surface area contributed by atoms with E-state index in [2.05, 4.69) is 0 Å². The summed E-state index contributed by atoms with van der Waals surface area (Å²) in [5, 5.41) is 0. The monoisotopic (exact) mass is 248 g/mol. The highest BCUT2D eigenvalue weighted by molar-refractivity contribution is 6.02. The van der Waals surface area contributed by atoms with E-state index in [0.29, 0.717) is 25.9 Å². The van der Waals surface area contributed by atoms with E-state index in [-0.39, 0.29) is 29.5 Å². The molecule has 6 heteroatoms. The molecule has 2 aliphatic rings. The van der Waals surface area contributed by atoms with Crippen LogP contribution in [0.3, 0.4) is 0 Å². The van der Waals surface area contributed by atoms with E-state index < -0.39 is 0 Å². The van der Waals surface area contributed by atoms with E-state index in [1.54, 1.807) is 17.0 Å². The van der Waals surface area contributed by atoms with Crippen LogP contribution in [0.2, 0.25) is 0 Å². The third-order valence-electron chi connectivity index (χ3n) is 3.34. The van der Waals surface area contributed by atoms with E-state index in [1.807, 2.05) is 0 Å². The number of hydrogen-bond acceptors (Lipinski definition) is 4. The molecule has 3 heterocycles. The second kappa shape index (κ2) is 3.97. The highest BCUT2D eigenvalue weighted by Gasteiger charge is 2.43. The van der Waals surface area contributed by atoms with Crippen LogP contribution in [0.25, 0.3) is 0 Å². The molecule has 2 fully saturated rings. The van der Waals surface area contributed by atoms with E-state index >= 15 is 0 Å². The van der Waals surface area contributed by atoms with Gasteiger partial charge in [-0.2, -0.15) is 0 Å². The lowest BCUT2D eigenvalue weighted by molar-refractivity contribution is -0.144. The van der Waals surface area contributed by atoms with Crippen LogP contribution >= 0.6 is 0 Å². The van der Waals surface area contributed by atoms with Gasteiger partial charge in [-0.05, 0) is 12.1 Å². The van der Waals surface area contributed by atoms with E-state index in [1.165, 1.54) is 11.2 Å². The van der Waals surface area contributed by atoms with Crippen molar-refractivity contribution in [3.05, 3.63) is 24.2 Å². The summed E-state index contributed by atoms with van der Waals surface area (Å²) in [4.78, 5) is 37.7. The Bertz CT molecular complexity index is 486. The average molecular weight is 248 g/mol. The Hall–Kier alpha value is -2.11. The topological polar surface area (TPSA) is 70.8 Å². The molecule has 1 aromatic heterocycles. The van der Waals surface area contributed by atoms with Crippen LogP contribution in [0, 0.1) is 0 Å². The van der Waals surface area contributed by atoms with Crippen LogP contribution in [-0.2, 0) is 9.59 Å². The molecule has 0 bridgehead atoms. The molecule has 0 aliphatic carbocycles. The van der Waals surface area contributed by atoms with E-state index in [0.717, 1.165) is 0 Å². The first-order chi connectivity index (χ1) is 8.66. The van der Waals surface area contributed by atoms with Gasteiger partial charge in [0.25, 0.3) is 5.91 Å². The van der Waals surface area contributed by atoms with Gasteiger partial charge in [-0.15, -0.1) is 0 Å². The van der Waals surface area contributed by atoms with Gasteiger partial charge in [0.1, 0.15) is 0 Å². The van der Waals surface area contributed by atoms with Gasteiger partial charge in [0.05, 0.1) is 12.3 Å². The summed E-state index contributed by atoms with van der Waals surface area (Å²) < 4.78 is 5.02. The van der Waals surface area contributed by atoms with Crippen LogP contribution < -0.4 is 0 Å². The average Bonchev–Trinajstić information content (AvgIpc) is 2.90. The Morgan fingerprint density at radius 3 is 2.44 bits per heavy atom. The summed E-state index contributed by atoms with van der Waals surface area (Å²) in [6.07, 6.45) is 2.03. The molecule has 0 radical (unpaired) electrons. The van der Waals surface area contributed by atoms with Gasteiger partial charge in [0.15, 0.2) is 5.76 Å². The quantitative estimate of drug-likeness (QED) is 0.703. The maximum absolute atomic E-state index is 11.9. The van der Waals surface area contributed by atoms with Gasteiger partial charge in [0, 0.05) is 25.9 Å². The minimum atomic E-state index is -0.199. The summed E-state index contributed by atoms with van der Waals surface area (Å²) in [6, 6.07) is 3.09. The van der Waals surface area contributed by atoms with Gasteiger partial charge >= 0.3 is 0 Å². The Morgan fingerprint density at radius 1 is 1.22 bits per heavy atom. The Morgan fingerprint density at radius 2 is 1.89 bits per heavy atom. The second-order valence-corrected chi connectivity index (χ2v) is 4.50. The second-order valence-electron chi connectivity index (χ2n) is 4.50. The first-order valence-electron chi connectivity index (χ1n) is 5.84. The first kappa shape index (κ1) is 11.0. The standard InChI is InChI=1S/C12H12N2O4/c15-10-3-4-11(16)14(10)8-6-13(7-8)12(17)9-2-1-5-18-9/h1-2,5,8H,3-4,6-7H2. The molecule has 1 aromatic rings. The number of nitrogens with zero attached hydrogens (tertiary/aromatic N) is 2. The molecule has 3 rings (SSSR count). The SMILES string of the molecule is O=C(c1ccco1)N1CC(N2C(=O)CCC2=O)C1. The third-order valence-corrected chi connectivity index (χ3v) is 3.34. The predicted molar refractivity (Wildman–Crippen MR) is 59.5 cm³/mol. The fourth-order valence-corrected chi connectivity index (χ4v) is 2.34. The number of amides is 3. The van der Waals surface area contributed by atoms with Crippen LogP contribution in [0.1, 0.15) is 23.4 Å². The van der Waals surface area contributed by atoms with Crippen molar-refractivity contribution < 1.29 is 18.8 Å². The fourth-order valence-electron chi connectivity index (χ4n) is 2.34. The van der Waals surface area contributed by atoms with Crippen LogP contribution in [-0.4, -0.2) is 46.7 Å². The smallest absolute Gasteiger partial charge is 0.289 e. The van der Waals surface area contributed by atoms with Gasteiger partial charge < -0.3 is 9.32 Å². The van der Waals surface area contributed by atoms with Crippen molar-refractivity contribution in [2.24, 2.45) is 0 Å². The van der Waals surface area contributed by atoms with Crippen molar-refractivity contribution in [2.75, 3.05) is 13.1 Å². The van der Waals surface area contributed by atoms with Crippen molar-refractivity contribution in [1.29, 1.82) is 0 Å². The number of furan rings is 1. The van der Waals surface area contributed by atoms with Gasteiger partial charge in [-0.25, -0.2) is 0 Å². The fraction of sp³-hybridized carbons (Fsp3) is 0.417. The van der Waals surface area contributed by atoms with Crippen molar-refractivity contribution in [1.82, 2.24) is 9.80 Å². The van der Waals surface area contributed by atoms with Gasteiger partial charge in [-0.1, -0.05) is 0 Å². The number of carbonyl (C=O) groups is 3. The summed E-state index contributed by atoms with van der Waals surface area (Å²) >= 11 is 0. The highest BCUT2D eigenvalue weighted by Crippen LogP contribution is 2.23. The third kappa shape index (κ3) is 1.61. The molecule has 0 unspecified atom stereocenters. The Balaban J connectivity index is 1.62. The minimum absolute atomic E-state index is 0.130. The molecule has 6 nitrogen and oxygen atoms in total. The van der Waals surface area contributed by atoms with Gasteiger partial charge in [-0.3, -0.25) is 19.3 Å². The molecule has 18 heavy (non-hydrogen) atoms. The zero-order chi connectivity index (χ0) is 12.7. The van der Waals surface area contributed by atoms with E-state index in [4.69, 9.17) is 4.42 Å². The number of hydrogen-bond donors (Lipinski definition) is 0. The maximum Gasteiger partial charge on any atom is 0.289 e. The first-order valence-corrected chi connectivity index (χ1v) is 5.84. The summed E-state index contributed by atoms with van der Waals surface area (Å²) in [5.41, 5.74) is 0.